The van der Waals surface area contributed by atoms with Gasteiger partial charge in [0, 0.05) is 43.5 Å². The van der Waals surface area contributed by atoms with Crippen LogP contribution in [0.2, 0.25) is 0 Å². The summed E-state index contributed by atoms with van der Waals surface area (Å²) in [5.41, 5.74) is 2.87. The van der Waals surface area contributed by atoms with E-state index >= 15 is 0 Å². The fourth-order valence-electron chi connectivity index (χ4n) is 3.66. The van der Waals surface area contributed by atoms with Crippen molar-refractivity contribution in [2.45, 2.75) is 6.42 Å². The molecule has 0 saturated carbocycles. The van der Waals surface area contributed by atoms with Gasteiger partial charge in [0.1, 0.15) is 6.33 Å². The van der Waals surface area contributed by atoms with Crippen LogP contribution in [0.15, 0.2) is 60.9 Å². The molecule has 0 aliphatic carbocycles. The molecule has 1 aliphatic rings. The number of H-pyrrole nitrogens is 1. The van der Waals surface area contributed by atoms with Crippen LogP contribution in [0, 0.1) is 5.92 Å². The highest BCUT2D eigenvalue weighted by Crippen LogP contribution is 2.24. The third-order valence-electron chi connectivity index (χ3n) is 5.11. The van der Waals surface area contributed by atoms with Crippen LogP contribution < -0.4 is 4.90 Å². The van der Waals surface area contributed by atoms with Crippen molar-refractivity contribution in [3.8, 4) is 11.4 Å². The number of nitrogens with zero attached hydrogens (tertiary/aromatic N) is 4. The minimum atomic E-state index is 0.0530. The number of rotatable bonds is 5. The standard InChI is InChI=1S/C21H23N5O/c1-25(13-16-11-12-26(14-16)19-5-3-2-4-6-19)21(27)18-9-7-17(8-10-18)20-22-15-23-24-20/h2-10,15-16H,11-14H2,1H3,(H,22,23,24)/t16-/m0/s1. The number of benzene rings is 2. The van der Waals surface area contributed by atoms with Crippen molar-refractivity contribution in [3.05, 3.63) is 66.5 Å². The molecule has 1 saturated heterocycles. The first-order valence-electron chi connectivity index (χ1n) is 9.22. The molecule has 2 heterocycles. The van der Waals surface area contributed by atoms with E-state index in [1.165, 1.54) is 12.0 Å². The normalized spacial score (nSPS) is 16.5. The topological polar surface area (TPSA) is 65.1 Å². The maximum absolute atomic E-state index is 12.8. The Bertz CT molecular complexity index is 877. The molecule has 0 radical (unpaired) electrons. The molecule has 138 valence electrons. The van der Waals surface area contributed by atoms with E-state index in [4.69, 9.17) is 0 Å². The first-order valence-corrected chi connectivity index (χ1v) is 9.22. The highest BCUT2D eigenvalue weighted by Gasteiger charge is 2.25. The number of hydrogen-bond acceptors (Lipinski definition) is 4. The van der Waals surface area contributed by atoms with Crippen LogP contribution in [-0.2, 0) is 0 Å². The Morgan fingerprint density at radius 3 is 2.67 bits per heavy atom. The van der Waals surface area contributed by atoms with Gasteiger partial charge in [0.25, 0.3) is 5.91 Å². The molecule has 4 rings (SSSR count). The van der Waals surface area contributed by atoms with Crippen molar-refractivity contribution in [1.82, 2.24) is 20.1 Å². The van der Waals surface area contributed by atoms with E-state index in [1.807, 2.05) is 42.3 Å². The van der Waals surface area contributed by atoms with E-state index in [0.29, 0.717) is 17.3 Å². The van der Waals surface area contributed by atoms with Crippen molar-refractivity contribution in [3.63, 3.8) is 0 Å². The maximum Gasteiger partial charge on any atom is 0.253 e. The van der Waals surface area contributed by atoms with Gasteiger partial charge in [0.05, 0.1) is 0 Å². The van der Waals surface area contributed by atoms with Gasteiger partial charge in [-0.25, -0.2) is 4.98 Å². The second kappa shape index (κ2) is 7.61. The van der Waals surface area contributed by atoms with E-state index in [0.717, 1.165) is 31.6 Å². The Hall–Kier alpha value is -3.15. The average molecular weight is 361 g/mol. The van der Waals surface area contributed by atoms with Crippen LogP contribution in [0.3, 0.4) is 0 Å². The van der Waals surface area contributed by atoms with Gasteiger partial charge >= 0.3 is 0 Å². The SMILES string of the molecule is CN(C[C@@H]1CCN(c2ccccc2)C1)C(=O)c1ccc(-c2ncn[nH]2)cc1. The smallest absolute Gasteiger partial charge is 0.253 e. The molecule has 6 nitrogen and oxygen atoms in total. The summed E-state index contributed by atoms with van der Waals surface area (Å²) in [7, 11) is 1.89. The van der Waals surface area contributed by atoms with Gasteiger partial charge in [-0.15, -0.1) is 0 Å². The summed E-state index contributed by atoms with van der Waals surface area (Å²) >= 11 is 0. The fraction of sp³-hybridized carbons (Fsp3) is 0.286. The van der Waals surface area contributed by atoms with Gasteiger partial charge in [-0.05, 0) is 36.6 Å². The van der Waals surface area contributed by atoms with Crippen molar-refractivity contribution in [2.75, 3.05) is 31.6 Å². The number of hydrogen-bond donors (Lipinski definition) is 1. The number of aromatic nitrogens is 3. The molecular weight excluding hydrogens is 338 g/mol. The third kappa shape index (κ3) is 3.84. The van der Waals surface area contributed by atoms with Gasteiger partial charge < -0.3 is 9.80 Å². The van der Waals surface area contributed by atoms with E-state index in [-0.39, 0.29) is 5.91 Å². The molecule has 1 aromatic heterocycles. The summed E-state index contributed by atoms with van der Waals surface area (Å²) in [6.07, 6.45) is 2.58. The summed E-state index contributed by atoms with van der Waals surface area (Å²) in [6, 6.07) is 18.0. The zero-order chi connectivity index (χ0) is 18.6. The lowest BCUT2D eigenvalue weighted by Gasteiger charge is -2.23. The number of carbonyl (C=O) groups is 1. The first-order chi connectivity index (χ1) is 13.2. The molecule has 2 aromatic carbocycles. The lowest BCUT2D eigenvalue weighted by Crippen LogP contribution is -2.33. The van der Waals surface area contributed by atoms with Gasteiger partial charge in [-0.3, -0.25) is 9.89 Å². The van der Waals surface area contributed by atoms with Crippen LogP contribution in [0.4, 0.5) is 5.69 Å². The largest absolute Gasteiger partial charge is 0.371 e. The van der Waals surface area contributed by atoms with Crippen LogP contribution in [0.5, 0.6) is 0 Å². The van der Waals surface area contributed by atoms with Crippen LogP contribution >= 0.6 is 0 Å². The first kappa shape index (κ1) is 17.3. The Kier molecular flexibility index (Phi) is 4.87. The minimum absolute atomic E-state index is 0.0530. The quantitative estimate of drug-likeness (QED) is 0.758. The Morgan fingerprint density at radius 1 is 1.19 bits per heavy atom. The van der Waals surface area contributed by atoms with Crippen molar-refractivity contribution in [1.29, 1.82) is 0 Å². The minimum Gasteiger partial charge on any atom is -0.371 e. The molecular formula is C21H23N5O. The molecule has 1 N–H and O–H groups in total. The second-order valence-corrected chi connectivity index (χ2v) is 7.03. The highest BCUT2D eigenvalue weighted by molar-refractivity contribution is 5.94. The van der Waals surface area contributed by atoms with E-state index in [9.17, 15) is 4.79 Å². The predicted octanol–water partition coefficient (Wildman–Crippen LogP) is 3.07. The predicted molar refractivity (Wildman–Crippen MR) is 106 cm³/mol. The number of aromatic amines is 1. The molecule has 3 aromatic rings. The molecule has 0 bridgehead atoms. The zero-order valence-electron chi connectivity index (χ0n) is 15.4. The maximum atomic E-state index is 12.8. The Morgan fingerprint density at radius 2 is 1.96 bits per heavy atom. The van der Waals surface area contributed by atoms with E-state index < -0.39 is 0 Å². The van der Waals surface area contributed by atoms with Crippen molar-refractivity contribution in [2.24, 2.45) is 5.92 Å². The molecule has 1 amide bonds. The third-order valence-corrected chi connectivity index (χ3v) is 5.11. The van der Waals surface area contributed by atoms with Crippen LogP contribution in [0.25, 0.3) is 11.4 Å². The zero-order valence-corrected chi connectivity index (χ0v) is 15.4. The van der Waals surface area contributed by atoms with Crippen molar-refractivity contribution < 1.29 is 4.79 Å². The van der Waals surface area contributed by atoms with Crippen LogP contribution in [-0.4, -0.2) is 52.7 Å². The molecule has 1 fully saturated rings. The van der Waals surface area contributed by atoms with E-state index in [2.05, 4.69) is 44.3 Å². The lowest BCUT2D eigenvalue weighted by molar-refractivity contribution is 0.0776. The molecule has 0 spiro atoms. The number of carbonyl (C=O) groups excluding carboxylic acids is 1. The Labute approximate surface area is 158 Å². The molecule has 0 unspecified atom stereocenters. The van der Waals surface area contributed by atoms with Gasteiger partial charge in [0.15, 0.2) is 5.82 Å². The molecule has 1 aliphatic heterocycles. The monoisotopic (exact) mass is 361 g/mol. The van der Waals surface area contributed by atoms with Crippen molar-refractivity contribution >= 4 is 11.6 Å². The molecule has 6 heteroatoms. The highest BCUT2D eigenvalue weighted by atomic mass is 16.2. The summed E-state index contributed by atoms with van der Waals surface area (Å²) in [5, 5.41) is 6.68. The Balaban J connectivity index is 1.35. The van der Waals surface area contributed by atoms with Gasteiger partial charge in [-0.2, -0.15) is 5.10 Å². The number of para-hydroxylation sites is 1. The number of anilines is 1. The lowest BCUT2D eigenvalue weighted by atomic mass is 10.1. The summed E-state index contributed by atoms with van der Waals surface area (Å²) in [6.45, 7) is 2.81. The second-order valence-electron chi connectivity index (χ2n) is 7.03. The average Bonchev–Trinajstić information content (AvgIpc) is 3.40. The van der Waals surface area contributed by atoms with Gasteiger partial charge in [0.2, 0.25) is 0 Å². The number of amides is 1. The van der Waals surface area contributed by atoms with E-state index in [1.54, 1.807) is 0 Å². The summed E-state index contributed by atoms with van der Waals surface area (Å²) < 4.78 is 0. The summed E-state index contributed by atoms with van der Waals surface area (Å²) in [5.74, 6) is 1.25. The van der Waals surface area contributed by atoms with Crippen LogP contribution in [0.1, 0.15) is 16.8 Å². The number of nitrogens with one attached hydrogen (secondary N) is 1. The van der Waals surface area contributed by atoms with Gasteiger partial charge in [-0.1, -0.05) is 30.3 Å². The fourth-order valence-corrected chi connectivity index (χ4v) is 3.66. The molecule has 1 atom stereocenters. The summed E-state index contributed by atoms with van der Waals surface area (Å²) in [4.78, 5) is 21.1. The molecule has 27 heavy (non-hydrogen) atoms.